The maximum atomic E-state index is 10.9. The molecule has 0 aromatic carbocycles. The lowest BCUT2D eigenvalue weighted by atomic mass is 9.83. The van der Waals surface area contributed by atoms with E-state index < -0.39 is 5.97 Å². The van der Waals surface area contributed by atoms with Crippen LogP contribution in [-0.4, -0.2) is 29.1 Å². The Balaban J connectivity index is 2.14. The van der Waals surface area contributed by atoms with E-state index in [0.29, 0.717) is 5.41 Å². The second-order valence-electron chi connectivity index (χ2n) is 5.36. The molecular formula is C12H18N2O2S. The smallest absolute Gasteiger partial charge is 0.355 e. The van der Waals surface area contributed by atoms with Crippen LogP contribution in [-0.2, 0) is 0 Å². The summed E-state index contributed by atoms with van der Waals surface area (Å²) in [6.07, 6.45) is 2.27. The van der Waals surface area contributed by atoms with Crippen molar-refractivity contribution < 1.29 is 9.90 Å². The molecule has 2 heterocycles. The second kappa shape index (κ2) is 4.29. The van der Waals surface area contributed by atoms with Crippen LogP contribution in [0.1, 0.15) is 42.1 Å². The number of hydrogen-bond donors (Lipinski definition) is 1. The number of nitrogens with zero attached hydrogens (tertiary/aromatic N) is 2. The lowest BCUT2D eigenvalue weighted by molar-refractivity contribution is 0.0690. The molecule has 0 bridgehead atoms. The second-order valence-corrected chi connectivity index (χ2v) is 6.54. The molecule has 2 rings (SSSR count). The number of carbonyl (C=O) groups is 1. The van der Waals surface area contributed by atoms with E-state index in [4.69, 9.17) is 5.11 Å². The maximum absolute atomic E-state index is 10.9. The van der Waals surface area contributed by atoms with E-state index in [9.17, 15) is 4.79 Å². The normalized spacial score (nSPS) is 19.4. The van der Waals surface area contributed by atoms with Gasteiger partial charge in [-0.25, -0.2) is 9.78 Å². The highest BCUT2D eigenvalue weighted by molar-refractivity contribution is 7.15. The number of rotatable bonds is 2. The van der Waals surface area contributed by atoms with Gasteiger partial charge < -0.3 is 10.0 Å². The summed E-state index contributed by atoms with van der Waals surface area (Å²) >= 11 is 1.48. The van der Waals surface area contributed by atoms with Crippen LogP contribution < -0.4 is 4.90 Å². The molecule has 17 heavy (non-hydrogen) atoms. The molecule has 0 atom stereocenters. The monoisotopic (exact) mass is 254 g/mol. The van der Waals surface area contributed by atoms with Crippen LogP contribution in [0.4, 0.5) is 5.13 Å². The van der Waals surface area contributed by atoms with Gasteiger partial charge in [-0.1, -0.05) is 13.8 Å². The van der Waals surface area contributed by atoms with Crippen molar-refractivity contribution in [2.45, 2.75) is 33.6 Å². The summed E-state index contributed by atoms with van der Waals surface area (Å²) in [5.41, 5.74) is 0.605. The molecule has 0 aliphatic carbocycles. The Morgan fingerprint density at radius 2 is 2.00 bits per heavy atom. The fourth-order valence-electron chi connectivity index (χ4n) is 2.02. The first kappa shape index (κ1) is 12.4. The summed E-state index contributed by atoms with van der Waals surface area (Å²) in [6.45, 7) is 8.32. The number of thiazole rings is 1. The molecule has 0 unspecified atom stereocenters. The van der Waals surface area contributed by atoms with E-state index >= 15 is 0 Å². The van der Waals surface area contributed by atoms with Crippen molar-refractivity contribution >= 4 is 22.4 Å². The molecule has 0 amide bonds. The third-order valence-corrected chi connectivity index (χ3v) is 4.41. The summed E-state index contributed by atoms with van der Waals surface area (Å²) in [5, 5.41) is 9.84. The van der Waals surface area contributed by atoms with Crippen LogP contribution in [0, 0.1) is 12.3 Å². The molecule has 4 nitrogen and oxygen atoms in total. The molecule has 1 fully saturated rings. The zero-order valence-corrected chi connectivity index (χ0v) is 11.3. The summed E-state index contributed by atoms with van der Waals surface area (Å²) < 4.78 is 0. The molecule has 1 aromatic rings. The Bertz CT molecular complexity index is 430. The molecule has 5 heteroatoms. The van der Waals surface area contributed by atoms with E-state index in [1.165, 1.54) is 11.3 Å². The number of aryl methyl sites for hydroxylation is 1. The summed E-state index contributed by atoms with van der Waals surface area (Å²) in [6, 6.07) is 0. The minimum atomic E-state index is -0.928. The number of piperidine rings is 1. The van der Waals surface area contributed by atoms with Gasteiger partial charge in [0.1, 0.15) is 0 Å². The van der Waals surface area contributed by atoms with Crippen molar-refractivity contribution in [2.24, 2.45) is 5.41 Å². The van der Waals surface area contributed by atoms with Crippen molar-refractivity contribution in [3.05, 3.63) is 10.6 Å². The van der Waals surface area contributed by atoms with Crippen LogP contribution in [0.25, 0.3) is 0 Å². The third-order valence-electron chi connectivity index (χ3n) is 3.38. The quantitative estimate of drug-likeness (QED) is 0.881. The van der Waals surface area contributed by atoms with Gasteiger partial charge in [0.2, 0.25) is 0 Å². The Kier molecular flexibility index (Phi) is 3.12. The minimum absolute atomic E-state index is 0.204. The molecule has 1 N–H and O–H groups in total. The van der Waals surface area contributed by atoms with E-state index in [1.54, 1.807) is 0 Å². The van der Waals surface area contributed by atoms with Gasteiger partial charge in [0, 0.05) is 18.0 Å². The minimum Gasteiger partial charge on any atom is -0.476 e. The van der Waals surface area contributed by atoms with Crippen molar-refractivity contribution in [3.63, 3.8) is 0 Å². The number of hydrogen-bond acceptors (Lipinski definition) is 4. The number of aromatic carboxylic acids is 1. The van der Waals surface area contributed by atoms with Crippen molar-refractivity contribution in [2.75, 3.05) is 18.0 Å². The maximum Gasteiger partial charge on any atom is 0.355 e. The topological polar surface area (TPSA) is 53.4 Å². The van der Waals surface area contributed by atoms with Gasteiger partial charge in [-0.2, -0.15) is 0 Å². The molecule has 0 spiro atoms. The highest BCUT2D eigenvalue weighted by Crippen LogP contribution is 2.34. The molecular weight excluding hydrogens is 236 g/mol. The summed E-state index contributed by atoms with van der Waals surface area (Å²) in [4.78, 5) is 18.2. The Hall–Kier alpha value is -1.10. The molecule has 1 aromatic heterocycles. The summed E-state index contributed by atoms with van der Waals surface area (Å²) in [7, 11) is 0. The van der Waals surface area contributed by atoms with Crippen LogP contribution in [0.3, 0.4) is 0 Å². The summed E-state index contributed by atoms with van der Waals surface area (Å²) in [5.74, 6) is -0.928. The van der Waals surface area contributed by atoms with Crippen molar-refractivity contribution in [1.29, 1.82) is 0 Å². The van der Waals surface area contributed by atoms with Gasteiger partial charge in [-0.05, 0) is 25.2 Å². The lowest BCUT2D eigenvalue weighted by Gasteiger charge is -2.36. The predicted molar refractivity (Wildman–Crippen MR) is 69.0 cm³/mol. The van der Waals surface area contributed by atoms with E-state index in [2.05, 4.69) is 23.7 Å². The fraction of sp³-hybridized carbons (Fsp3) is 0.667. The number of carboxylic acids is 1. The standard InChI is InChI=1S/C12H18N2O2S/c1-8-9(10(15)16)13-11(17-8)14-6-4-12(2,3)5-7-14/h4-7H2,1-3H3,(H,15,16). The average molecular weight is 254 g/mol. The van der Waals surface area contributed by atoms with Crippen LogP contribution in [0.2, 0.25) is 0 Å². The third kappa shape index (κ3) is 2.60. The van der Waals surface area contributed by atoms with Crippen LogP contribution in [0.15, 0.2) is 0 Å². The van der Waals surface area contributed by atoms with Gasteiger partial charge >= 0.3 is 5.97 Å². The molecule has 0 saturated carbocycles. The zero-order valence-electron chi connectivity index (χ0n) is 10.5. The highest BCUT2D eigenvalue weighted by Gasteiger charge is 2.27. The fourth-order valence-corrected chi connectivity index (χ4v) is 2.97. The predicted octanol–water partition coefficient (Wildman–Crippen LogP) is 2.78. The Morgan fingerprint density at radius 1 is 1.41 bits per heavy atom. The highest BCUT2D eigenvalue weighted by atomic mass is 32.1. The van der Waals surface area contributed by atoms with Gasteiger partial charge in [-0.3, -0.25) is 0 Å². The Morgan fingerprint density at radius 3 is 2.47 bits per heavy atom. The van der Waals surface area contributed by atoms with Gasteiger partial charge in [0.05, 0.1) is 0 Å². The first-order chi connectivity index (χ1) is 7.89. The van der Waals surface area contributed by atoms with Gasteiger partial charge in [-0.15, -0.1) is 11.3 Å². The molecule has 1 aliphatic rings. The van der Waals surface area contributed by atoms with E-state index in [0.717, 1.165) is 35.9 Å². The first-order valence-corrected chi connectivity index (χ1v) is 6.66. The SMILES string of the molecule is Cc1sc(N2CCC(C)(C)CC2)nc1C(=O)O. The largest absolute Gasteiger partial charge is 0.476 e. The molecule has 1 aliphatic heterocycles. The van der Waals surface area contributed by atoms with E-state index in [-0.39, 0.29) is 5.69 Å². The van der Waals surface area contributed by atoms with Crippen LogP contribution in [0.5, 0.6) is 0 Å². The van der Waals surface area contributed by atoms with Crippen molar-refractivity contribution in [1.82, 2.24) is 4.98 Å². The van der Waals surface area contributed by atoms with Crippen LogP contribution >= 0.6 is 11.3 Å². The number of carboxylic acid groups (broad SMARTS) is 1. The molecule has 0 radical (unpaired) electrons. The zero-order chi connectivity index (χ0) is 12.6. The first-order valence-electron chi connectivity index (χ1n) is 5.85. The van der Waals surface area contributed by atoms with Crippen molar-refractivity contribution in [3.8, 4) is 0 Å². The number of aromatic nitrogens is 1. The molecule has 1 saturated heterocycles. The lowest BCUT2D eigenvalue weighted by Crippen LogP contribution is -2.37. The van der Waals surface area contributed by atoms with E-state index in [1.807, 2.05) is 6.92 Å². The molecule has 94 valence electrons. The van der Waals surface area contributed by atoms with Gasteiger partial charge in [0.25, 0.3) is 0 Å². The Labute approximate surface area is 105 Å². The average Bonchev–Trinajstić information content (AvgIpc) is 2.60. The number of anilines is 1. The van der Waals surface area contributed by atoms with Gasteiger partial charge in [0.15, 0.2) is 10.8 Å².